The molecule has 0 bridgehead atoms. The third-order valence-corrected chi connectivity index (χ3v) is 4.90. The lowest BCUT2D eigenvalue weighted by Crippen LogP contribution is -2.26. The number of rotatable bonds is 7. The minimum atomic E-state index is -0.130. The van der Waals surface area contributed by atoms with E-state index in [0.717, 1.165) is 16.9 Å². The Bertz CT molecular complexity index is 732. The van der Waals surface area contributed by atoms with Crippen molar-refractivity contribution in [2.75, 3.05) is 26.4 Å². The van der Waals surface area contributed by atoms with Gasteiger partial charge in [-0.1, -0.05) is 35.9 Å². The quantitative estimate of drug-likeness (QED) is 0.752. The van der Waals surface area contributed by atoms with Gasteiger partial charge in [0.1, 0.15) is 0 Å². The number of nitrogens with one attached hydrogen (secondary N) is 1. The fourth-order valence-electron chi connectivity index (χ4n) is 2.12. The number of halogens is 1. The first-order chi connectivity index (χ1) is 12.0. The first kappa shape index (κ1) is 19.3. The molecule has 0 aliphatic rings. The standard InChI is InChI=1S/C19H21ClN2O2S/c1-22(2)18(23)13-25-17-6-4-3-5-16(17)19(24)21-12-11-14-7-9-15(20)10-8-14/h3-10H,11-13H2,1-2H3,(H,21,24). The van der Waals surface area contributed by atoms with Crippen LogP contribution in [-0.2, 0) is 11.2 Å². The molecule has 0 heterocycles. The highest BCUT2D eigenvalue weighted by atomic mass is 35.5. The molecule has 1 N–H and O–H groups in total. The molecule has 132 valence electrons. The third-order valence-electron chi connectivity index (χ3n) is 3.59. The Labute approximate surface area is 157 Å². The summed E-state index contributed by atoms with van der Waals surface area (Å²) >= 11 is 7.24. The minimum absolute atomic E-state index is 0.0166. The lowest BCUT2D eigenvalue weighted by atomic mass is 10.1. The normalized spacial score (nSPS) is 10.4. The second kappa shape index (κ2) is 9.49. The van der Waals surface area contributed by atoms with Gasteiger partial charge in [0.25, 0.3) is 5.91 Å². The molecule has 2 rings (SSSR count). The van der Waals surface area contributed by atoms with Gasteiger partial charge < -0.3 is 10.2 Å². The van der Waals surface area contributed by atoms with Crippen LogP contribution < -0.4 is 5.32 Å². The largest absolute Gasteiger partial charge is 0.352 e. The molecule has 0 spiro atoms. The van der Waals surface area contributed by atoms with Crippen LogP contribution in [0.25, 0.3) is 0 Å². The van der Waals surface area contributed by atoms with Crippen LogP contribution in [0, 0.1) is 0 Å². The average molecular weight is 377 g/mol. The smallest absolute Gasteiger partial charge is 0.252 e. The van der Waals surface area contributed by atoms with E-state index < -0.39 is 0 Å². The molecular formula is C19H21ClN2O2S. The van der Waals surface area contributed by atoms with Gasteiger partial charge >= 0.3 is 0 Å². The maximum Gasteiger partial charge on any atom is 0.252 e. The van der Waals surface area contributed by atoms with Crippen molar-refractivity contribution < 1.29 is 9.59 Å². The van der Waals surface area contributed by atoms with Gasteiger partial charge in [-0.05, 0) is 36.2 Å². The van der Waals surface area contributed by atoms with Crippen molar-refractivity contribution in [3.63, 3.8) is 0 Å². The summed E-state index contributed by atoms with van der Waals surface area (Å²) in [5.74, 6) is 0.194. The van der Waals surface area contributed by atoms with Gasteiger partial charge in [0, 0.05) is 30.6 Å². The first-order valence-electron chi connectivity index (χ1n) is 7.92. The van der Waals surface area contributed by atoms with Crippen molar-refractivity contribution in [2.24, 2.45) is 0 Å². The van der Waals surface area contributed by atoms with E-state index in [1.54, 1.807) is 25.1 Å². The molecule has 4 nitrogen and oxygen atoms in total. The van der Waals surface area contributed by atoms with Gasteiger partial charge in [0.15, 0.2) is 0 Å². The second-order valence-electron chi connectivity index (χ2n) is 5.71. The Balaban J connectivity index is 1.92. The second-order valence-corrected chi connectivity index (χ2v) is 7.16. The Kier molecular flexibility index (Phi) is 7.34. The van der Waals surface area contributed by atoms with E-state index in [4.69, 9.17) is 11.6 Å². The molecule has 0 unspecified atom stereocenters. The summed E-state index contributed by atoms with van der Waals surface area (Å²) < 4.78 is 0. The molecule has 2 aromatic rings. The van der Waals surface area contributed by atoms with Crippen LogP contribution in [0.2, 0.25) is 5.02 Å². The zero-order valence-electron chi connectivity index (χ0n) is 14.3. The highest BCUT2D eigenvalue weighted by Crippen LogP contribution is 2.22. The minimum Gasteiger partial charge on any atom is -0.352 e. The Morgan fingerprint density at radius 2 is 1.76 bits per heavy atom. The molecule has 0 atom stereocenters. The Hall–Kier alpha value is -1.98. The molecule has 25 heavy (non-hydrogen) atoms. The number of thioether (sulfide) groups is 1. The lowest BCUT2D eigenvalue weighted by Gasteiger charge is -2.12. The number of carbonyl (C=O) groups is 2. The number of carbonyl (C=O) groups excluding carboxylic acids is 2. The molecule has 0 fully saturated rings. The summed E-state index contributed by atoms with van der Waals surface area (Å²) in [6, 6.07) is 14.9. The van der Waals surface area contributed by atoms with Crippen molar-refractivity contribution >= 4 is 35.2 Å². The highest BCUT2D eigenvalue weighted by molar-refractivity contribution is 8.00. The van der Waals surface area contributed by atoms with E-state index in [9.17, 15) is 9.59 Å². The lowest BCUT2D eigenvalue weighted by molar-refractivity contribution is -0.125. The number of benzene rings is 2. The van der Waals surface area contributed by atoms with Gasteiger partial charge in [-0.2, -0.15) is 0 Å². The molecule has 0 aliphatic heterocycles. The monoisotopic (exact) mass is 376 g/mol. The van der Waals surface area contributed by atoms with E-state index in [0.29, 0.717) is 22.9 Å². The molecule has 0 radical (unpaired) electrons. The molecule has 0 aliphatic carbocycles. The predicted octanol–water partition coefficient (Wildman–Crippen LogP) is 3.49. The van der Waals surface area contributed by atoms with Crippen LogP contribution >= 0.6 is 23.4 Å². The Morgan fingerprint density at radius 1 is 1.08 bits per heavy atom. The number of nitrogens with zero attached hydrogens (tertiary/aromatic N) is 1. The molecule has 2 amide bonds. The van der Waals surface area contributed by atoms with Gasteiger partial charge in [0.2, 0.25) is 5.91 Å². The van der Waals surface area contributed by atoms with Crippen molar-refractivity contribution in [1.82, 2.24) is 10.2 Å². The van der Waals surface area contributed by atoms with Crippen LogP contribution in [0.4, 0.5) is 0 Å². The first-order valence-corrected chi connectivity index (χ1v) is 9.28. The van der Waals surface area contributed by atoms with Gasteiger partial charge in [-0.3, -0.25) is 9.59 Å². The van der Waals surface area contributed by atoms with Gasteiger partial charge in [-0.25, -0.2) is 0 Å². The van der Waals surface area contributed by atoms with E-state index in [1.807, 2.05) is 42.5 Å². The van der Waals surface area contributed by atoms with Crippen molar-refractivity contribution in [2.45, 2.75) is 11.3 Å². The predicted molar refractivity (Wildman–Crippen MR) is 103 cm³/mol. The molecule has 0 aromatic heterocycles. The summed E-state index contributed by atoms with van der Waals surface area (Å²) in [5, 5.41) is 3.63. The number of hydrogen-bond donors (Lipinski definition) is 1. The average Bonchev–Trinajstić information content (AvgIpc) is 2.61. The highest BCUT2D eigenvalue weighted by Gasteiger charge is 2.13. The van der Waals surface area contributed by atoms with E-state index in [1.165, 1.54) is 11.8 Å². The Morgan fingerprint density at radius 3 is 2.44 bits per heavy atom. The van der Waals surface area contributed by atoms with Crippen LogP contribution in [0.5, 0.6) is 0 Å². The molecular weight excluding hydrogens is 356 g/mol. The van der Waals surface area contributed by atoms with Crippen LogP contribution in [0.1, 0.15) is 15.9 Å². The maximum absolute atomic E-state index is 12.4. The zero-order chi connectivity index (χ0) is 18.2. The van der Waals surface area contributed by atoms with Crippen LogP contribution in [0.3, 0.4) is 0 Å². The van der Waals surface area contributed by atoms with Crippen molar-refractivity contribution in [3.05, 3.63) is 64.7 Å². The van der Waals surface area contributed by atoms with Gasteiger partial charge in [-0.15, -0.1) is 11.8 Å². The van der Waals surface area contributed by atoms with Crippen LogP contribution in [0.15, 0.2) is 53.4 Å². The zero-order valence-corrected chi connectivity index (χ0v) is 15.9. The van der Waals surface area contributed by atoms with E-state index >= 15 is 0 Å². The molecule has 0 saturated heterocycles. The van der Waals surface area contributed by atoms with Crippen molar-refractivity contribution in [3.8, 4) is 0 Å². The van der Waals surface area contributed by atoms with E-state index in [2.05, 4.69) is 5.32 Å². The topological polar surface area (TPSA) is 49.4 Å². The molecule has 6 heteroatoms. The summed E-state index contributed by atoms with van der Waals surface area (Å²) in [6.45, 7) is 0.538. The van der Waals surface area contributed by atoms with E-state index in [-0.39, 0.29) is 11.8 Å². The SMILES string of the molecule is CN(C)C(=O)CSc1ccccc1C(=O)NCCc1ccc(Cl)cc1. The summed E-state index contributed by atoms with van der Waals surface area (Å²) in [7, 11) is 3.44. The van der Waals surface area contributed by atoms with Gasteiger partial charge in [0.05, 0.1) is 11.3 Å². The molecule has 2 aromatic carbocycles. The molecule has 0 saturated carbocycles. The van der Waals surface area contributed by atoms with Crippen molar-refractivity contribution in [1.29, 1.82) is 0 Å². The van der Waals surface area contributed by atoms with Crippen LogP contribution in [-0.4, -0.2) is 43.1 Å². The number of hydrogen-bond acceptors (Lipinski definition) is 3. The summed E-state index contributed by atoms with van der Waals surface area (Å²) in [6.07, 6.45) is 0.733. The maximum atomic E-state index is 12.4. The summed E-state index contributed by atoms with van der Waals surface area (Å²) in [4.78, 5) is 26.5. The summed E-state index contributed by atoms with van der Waals surface area (Å²) in [5.41, 5.74) is 1.71. The fourth-order valence-corrected chi connectivity index (χ4v) is 3.27. The number of amides is 2. The fraction of sp³-hybridized carbons (Fsp3) is 0.263. The third kappa shape index (κ3) is 6.11.